The molecule has 0 aliphatic rings. The van der Waals surface area contributed by atoms with Gasteiger partial charge in [-0.1, -0.05) is 39.7 Å². The third kappa shape index (κ3) is 4.81. The van der Waals surface area contributed by atoms with Crippen molar-refractivity contribution < 1.29 is 9.59 Å². The molecule has 2 aromatic rings. The van der Waals surface area contributed by atoms with Gasteiger partial charge in [-0.3, -0.25) is 9.59 Å². The molecule has 2 N–H and O–H groups in total. The van der Waals surface area contributed by atoms with E-state index >= 15 is 0 Å². The number of halogens is 2. The van der Waals surface area contributed by atoms with Gasteiger partial charge >= 0.3 is 0 Å². The van der Waals surface area contributed by atoms with E-state index in [1.165, 1.54) is 0 Å². The molecule has 23 heavy (non-hydrogen) atoms. The van der Waals surface area contributed by atoms with Crippen molar-refractivity contribution in [2.24, 2.45) is 0 Å². The first kappa shape index (κ1) is 17.5. The summed E-state index contributed by atoms with van der Waals surface area (Å²) in [6.45, 7) is 2.75. The van der Waals surface area contributed by atoms with Crippen LogP contribution in [-0.4, -0.2) is 18.4 Å². The fourth-order valence-corrected chi connectivity index (χ4v) is 2.80. The Hall–Kier alpha value is -1.85. The molecule has 0 bridgehead atoms. The highest BCUT2D eigenvalue weighted by molar-refractivity contribution is 9.10. The highest BCUT2D eigenvalue weighted by Gasteiger charge is 2.11. The van der Waals surface area contributed by atoms with Gasteiger partial charge in [0, 0.05) is 23.1 Å². The molecule has 0 radical (unpaired) electrons. The average molecular weight is 396 g/mol. The van der Waals surface area contributed by atoms with Crippen LogP contribution in [-0.2, 0) is 6.54 Å². The van der Waals surface area contributed by atoms with Crippen molar-refractivity contribution in [1.82, 2.24) is 10.6 Å². The van der Waals surface area contributed by atoms with Gasteiger partial charge in [0.2, 0.25) is 0 Å². The van der Waals surface area contributed by atoms with Crippen LogP contribution in [0.5, 0.6) is 0 Å². The first-order chi connectivity index (χ1) is 11.0. The highest BCUT2D eigenvalue weighted by atomic mass is 79.9. The van der Waals surface area contributed by atoms with Gasteiger partial charge in [-0.05, 0) is 42.8 Å². The highest BCUT2D eigenvalue weighted by Crippen LogP contribution is 2.21. The summed E-state index contributed by atoms with van der Waals surface area (Å²) in [5.74, 6) is -0.387. The molecule has 6 heteroatoms. The molecule has 0 aliphatic carbocycles. The molecule has 2 rings (SSSR count). The maximum Gasteiger partial charge on any atom is 0.253 e. The third-order valence-corrected chi connectivity index (χ3v) is 3.96. The zero-order valence-electron chi connectivity index (χ0n) is 12.5. The minimum Gasteiger partial charge on any atom is -0.352 e. The maximum absolute atomic E-state index is 12.2. The number of benzene rings is 2. The van der Waals surface area contributed by atoms with Crippen molar-refractivity contribution in [2.75, 3.05) is 6.54 Å². The van der Waals surface area contributed by atoms with E-state index < -0.39 is 0 Å². The van der Waals surface area contributed by atoms with Gasteiger partial charge in [-0.2, -0.15) is 0 Å². The second-order valence-electron chi connectivity index (χ2n) is 4.87. The minimum absolute atomic E-state index is 0.128. The van der Waals surface area contributed by atoms with Gasteiger partial charge in [0.15, 0.2) is 0 Å². The summed E-state index contributed by atoms with van der Waals surface area (Å²) in [4.78, 5) is 24.0. The molecule has 0 atom stereocenters. The Morgan fingerprint density at radius 3 is 2.57 bits per heavy atom. The number of hydrogen-bond acceptors (Lipinski definition) is 2. The molecule has 0 fully saturated rings. The first-order valence-corrected chi connectivity index (χ1v) is 8.28. The van der Waals surface area contributed by atoms with Crippen LogP contribution in [0.25, 0.3) is 0 Å². The Balaban J connectivity index is 2.04. The van der Waals surface area contributed by atoms with Crippen LogP contribution in [0.1, 0.15) is 33.2 Å². The normalized spacial score (nSPS) is 10.2. The van der Waals surface area contributed by atoms with Crippen molar-refractivity contribution in [3.8, 4) is 0 Å². The zero-order valence-corrected chi connectivity index (χ0v) is 14.9. The average Bonchev–Trinajstić information content (AvgIpc) is 2.53. The molecule has 2 amide bonds. The van der Waals surface area contributed by atoms with E-state index in [0.29, 0.717) is 29.2 Å². The van der Waals surface area contributed by atoms with E-state index in [2.05, 4.69) is 26.6 Å². The largest absolute Gasteiger partial charge is 0.352 e. The Morgan fingerprint density at radius 1 is 1.09 bits per heavy atom. The molecule has 2 aromatic carbocycles. The smallest absolute Gasteiger partial charge is 0.253 e. The number of carbonyl (C=O) groups excluding carboxylic acids is 2. The van der Waals surface area contributed by atoms with E-state index in [9.17, 15) is 9.59 Å². The van der Waals surface area contributed by atoms with E-state index in [-0.39, 0.29) is 11.8 Å². The van der Waals surface area contributed by atoms with Gasteiger partial charge in [0.05, 0.1) is 10.6 Å². The maximum atomic E-state index is 12.2. The quantitative estimate of drug-likeness (QED) is 0.809. The van der Waals surface area contributed by atoms with Gasteiger partial charge in [-0.15, -0.1) is 0 Å². The third-order valence-electron chi connectivity index (χ3n) is 3.16. The zero-order chi connectivity index (χ0) is 16.8. The van der Waals surface area contributed by atoms with Crippen molar-refractivity contribution in [3.63, 3.8) is 0 Å². The lowest BCUT2D eigenvalue weighted by Crippen LogP contribution is -2.24. The number of carbonyl (C=O) groups is 2. The molecule has 0 aliphatic heterocycles. The lowest BCUT2D eigenvalue weighted by atomic mass is 10.1. The Labute approximate surface area is 148 Å². The lowest BCUT2D eigenvalue weighted by molar-refractivity contribution is 0.0947. The molecule has 120 valence electrons. The van der Waals surface area contributed by atoms with Crippen molar-refractivity contribution in [2.45, 2.75) is 13.5 Å². The SMILES string of the molecule is CCNC(=O)c1cccc(CNC(=O)c2ccc(Br)cc2Cl)c1. The summed E-state index contributed by atoms with van der Waals surface area (Å²) in [5.41, 5.74) is 1.82. The standard InChI is InChI=1S/C17H16BrClN2O2/c1-2-20-16(22)12-5-3-4-11(8-12)10-21-17(23)14-7-6-13(18)9-15(14)19/h3-9H,2,10H2,1H3,(H,20,22)(H,21,23). The lowest BCUT2D eigenvalue weighted by Gasteiger charge is -2.09. The fourth-order valence-electron chi connectivity index (χ4n) is 2.04. The topological polar surface area (TPSA) is 58.2 Å². The molecule has 0 saturated carbocycles. The first-order valence-electron chi connectivity index (χ1n) is 7.11. The van der Waals surface area contributed by atoms with Crippen molar-refractivity contribution in [1.29, 1.82) is 0 Å². The number of amides is 2. The van der Waals surface area contributed by atoms with Gasteiger partial charge in [0.25, 0.3) is 11.8 Å². The van der Waals surface area contributed by atoms with Crippen LogP contribution in [0.4, 0.5) is 0 Å². The second-order valence-corrected chi connectivity index (χ2v) is 6.19. The molecule has 0 spiro atoms. The van der Waals surface area contributed by atoms with Crippen LogP contribution < -0.4 is 10.6 Å². The molecule has 4 nitrogen and oxygen atoms in total. The van der Waals surface area contributed by atoms with Gasteiger partial charge < -0.3 is 10.6 Å². The Morgan fingerprint density at radius 2 is 1.87 bits per heavy atom. The number of hydrogen-bond donors (Lipinski definition) is 2. The summed E-state index contributed by atoms with van der Waals surface area (Å²) in [6.07, 6.45) is 0. The Kier molecular flexibility index (Phi) is 6.19. The van der Waals surface area contributed by atoms with Crippen LogP contribution in [0.3, 0.4) is 0 Å². The second kappa shape index (κ2) is 8.13. The van der Waals surface area contributed by atoms with Crippen molar-refractivity contribution >= 4 is 39.3 Å². The van der Waals surface area contributed by atoms with Crippen LogP contribution in [0.2, 0.25) is 5.02 Å². The molecule has 0 aromatic heterocycles. The number of nitrogens with one attached hydrogen (secondary N) is 2. The van der Waals surface area contributed by atoms with E-state index in [1.54, 1.807) is 36.4 Å². The molecule has 0 unspecified atom stereocenters. The molecule has 0 saturated heterocycles. The summed E-state index contributed by atoms with van der Waals surface area (Å²) in [5, 5.41) is 5.93. The molecular weight excluding hydrogens is 380 g/mol. The predicted octanol–water partition coefficient (Wildman–Crippen LogP) is 3.78. The van der Waals surface area contributed by atoms with E-state index in [1.807, 2.05) is 13.0 Å². The summed E-state index contributed by atoms with van der Waals surface area (Å²) < 4.78 is 0.814. The fraction of sp³-hybridized carbons (Fsp3) is 0.176. The van der Waals surface area contributed by atoms with E-state index in [0.717, 1.165) is 10.0 Å². The Bertz CT molecular complexity index is 734. The summed E-state index contributed by atoms with van der Waals surface area (Å²) >= 11 is 9.37. The van der Waals surface area contributed by atoms with Crippen LogP contribution >= 0.6 is 27.5 Å². The van der Waals surface area contributed by atoms with E-state index in [4.69, 9.17) is 11.6 Å². The molecular formula is C17H16BrClN2O2. The minimum atomic E-state index is -0.258. The summed E-state index contributed by atoms with van der Waals surface area (Å²) in [7, 11) is 0. The predicted molar refractivity (Wildman–Crippen MR) is 94.8 cm³/mol. The van der Waals surface area contributed by atoms with Crippen LogP contribution in [0, 0.1) is 0 Å². The summed E-state index contributed by atoms with van der Waals surface area (Å²) in [6, 6.07) is 12.2. The molecule has 0 heterocycles. The van der Waals surface area contributed by atoms with Gasteiger partial charge in [0.1, 0.15) is 0 Å². The van der Waals surface area contributed by atoms with Crippen LogP contribution in [0.15, 0.2) is 46.9 Å². The van der Waals surface area contributed by atoms with Crippen molar-refractivity contribution in [3.05, 3.63) is 68.7 Å². The monoisotopic (exact) mass is 394 g/mol. The number of rotatable bonds is 5. The van der Waals surface area contributed by atoms with Gasteiger partial charge in [-0.25, -0.2) is 0 Å².